The van der Waals surface area contributed by atoms with Crippen molar-refractivity contribution in [3.8, 4) is 0 Å². The van der Waals surface area contributed by atoms with Crippen molar-refractivity contribution in [1.29, 1.82) is 0 Å². The van der Waals surface area contributed by atoms with E-state index < -0.39 is 0 Å². The van der Waals surface area contributed by atoms with Crippen molar-refractivity contribution < 1.29 is 0 Å². The lowest BCUT2D eigenvalue weighted by molar-refractivity contribution is 0.869. The van der Waals surface area contributed by atoms with Crippen LogP contribution in [0.3, 0.4) is 0 Å². The Kier molecular flexibility index (Phi) is 3.79. The molecule has 1 unspecified atom stereocenters. The summed E-state index contributed by atoms with van der Waals surface area (Å²) in [5.74, 6) is 0. The van der Waals surface area contributed by atoms with Gasteiger partial charge in [0.2, 0.25) is 0 Å². The maximum absolute atomic E-state index is 6.26. The topological polar surface area (TPSA) is 26.0 Å². The number of benzene rings is 1. The van der Waals surface area contributed by atoms with Crippen molar-refractivity contribution in [2.75, 3.05) is 0 Å². The number of thiophene rings is 1. The molecule has 1 heterocycles. The predicted molar refractivity (Wildman–Crippen MR) is 76.3 cm³/mol. The van der Waals surface area contributed by atoms with Crippen LogP contribution in [-0.2, 0) is 0 Å². The molecule has 90 valence electrons. The number of halogens is 2. The minimum Gasteiger partial charge on any atom is -0.320 e. The van der Waals surface area contributed by atoms with E-state index in [0.29, 0.717) is 10.0 Å². The molecule has 0 radical (unpaired) electrons. The number of rotatable bonds is 2. The fourth-order valence-corrected chi connectivity index (χ4v) is 3.38. The van der Waals surface area contributed by atoms with Gasteiger partial charge in [-0.15, -0.1) is 11.3 Å². The molecule has 2 N–H and O–H groups in total. The molecule has 1 nitrogen and oxygen atoms in total. The second-order valence-electron chi connectivity index (χ2n) is 4.01. The van der Waals surface area contributed by atoms with Crippen LogP contribution in [0.1, 0.15) is 26.9 Å². The third-order valence-corrected chi connectivity index (χ3v) is 4.26. The van der Waals surface area contributed by atoms with Gasteiger partial charge < -0.3 is 5.73 Å². The van der Waals surface area contributed by atoms with Crippen molar-refractivity contribution in [2.45, 2.75) is 19.9 Å². The molecule has 0 spiro atoms. The van der Waals surface area contributed by atoms with E-state index in [-0.39, 0.29) is 6.04 Å². The molecule has 0 bridgehead atoms. The van der Waals surface area contributed by atoms with Gasteiger partial charge in [-0.3, -0.25) is 0 Å². The van der Waals surface area contributed by atoms with Gasteiger partial charge in [0.05, 0.1) is 6.04 Å². The summed E-state index contributed by atoms with van der Waals surface area (Å²) in [6.45, 7) is 4.16. The number of aryl methyl sites for hydroxylation is 2. The first-order valence-electron chi connectivity index (χ1n) is 5.26. The predicted octanol–water partition coefficient (Wildman–Crippen LogP) is 4.72. The molecule has 0 saturated heterocycles. The smallest absolute Gasteiger partial charge is 0.0577 e. The quantitative estimate of drug-likeness (QED) is 0.849. The maximum Gasteiger partial charge on any atom is 0.0577 e. The summed E-state index contributed by atoms with van der Waals surface area (Å²) in [7, 11) is 0. The van der Waals surface area contributed by atoms with Gasteiger partial charge in [-0.05, 0) is 43.2 Å². The average molecular weight is 286 g/mol. The van der Waals surface area contributed by atoms with E-state index in [1.165, 1.54) is 9.75 Å². The van der Waals surface area contributed by atoms with Crippen LogP contribution < -0.4 is 5.73 Å². The maximum atomic E-state index is 6.26. The van der Waals surface area contributed by atoms with Gasteiger partial charge in [0.25, 0.3) is 0 Å². The minimum absolute atomic E-state index is 0.190. The molecule has 0 aliphatic carbocycles. The standard InChI is InChI=1S/C13H13Cl2NS/c1-7-5-11(8(2)17-7)13(16)10-4-3-9(14)6-12(10)15/h3-6,13H,16H2,1-2H3. The highest BCUT2D eigenvalue weighted by Crippen LogP contribution is 2.33. The highest BCUT2D eigenvalue weighted by molar-refractivity contribution is 7.12. The molecule has 2 aromatic rings. The largest absolute Gasteiger partial charge is 0.320 e. The molecule has 0 aliphatic rings. The molecule has 1 aromatic heterocycles. The zero-order valence-electron chi connectivity index (χ0n) is 9.63. The summed E-state index contributed by atoms with van der Waals surface area (Å²) in [5, 5.41) is 1.25. The summed E-state index contributed by atoms with van der Waals surface area (Å²) < 4.78 is 0. The Bertz CT molecular complexity index is 548. The van der Waals surface area contributed by atoms with Crippen LogP contribution >= 0.6 is 34.5 Å². The van der Waals surface area contributed by atoms with Gasteiger partial charge in [-0.25, -0.2) is 0 Å². The summed E-state index contributed by atoms with van der Waals surface area (Å²) in [6, 6.07) is 7.37. The van der Waals surface area contributed by atoms with Crippen LogP contribution in [0.2, 0.25) is 10.0 Å². The normalized spacial score (nSPS) is 12.8. The molecule has 0 saturated carbocycles. The van der Waals surface area contributed by atoms with Crippen LogP contribution in [0.15, 0.2) is 24.3 Å². The third-order valence-electron chi connectivity index (χ3n) is 2.71. The first-order valence-corrected chi connectivity index (χ1v) is 6.83. The summed E-state index contributed by atoms with van der Waals surface area (Å²) >= 11 is 13.8. The fraction of sp³-hybridized carbons (Fsp3) is 0.231. The van der Waals surface area contributed by atoms with Crippen molar-refractivity contribution in [1.82, 2.24) is 0 Å². The SMILES string of the molecule is Cc1cc(C(N)c2ccc(Cl)cc2Cl)c(C)s1. The lowest BCUT2D eigenvalue weighted by Crippen LogP contribution is -2.12. The molecule has 2 rings (SSSR count). The highest BCUT2D eigenvalue weighted by atomic mass is 35.5. The second-order valence-corrected chi connectivity index (χ2v) is 6.32. The molecule has 0 fully saturated rings. The van der Waals surface area contributed by atoms with Crippen molar-refractivity contribution in [3.63, 3.8) is 0 Å². The number of nitrogens with two attached hydrogens (primary N) is 1. The molecular formula is C13H13Cl2NS. The Morgan fingerprint density at radius 3 is 2.35 bits per heavy atom. The van der Waals surface area contributed by atoms with Crippen LogP contribution in [0, 0.1) is 13.8 Å². The van der Waals surface area contributed by atoms with E-state index in [9.17, 15) is 0 Å². The molecule has 17 heavy (non-hydrogen) atoms. The first kappa shape index (κ1) is 12.9. The fourth-order valence-electron chi connectivity index (χ4n) is 1.88. The number of hydrogen-bond donors (Lipinski definition) is 1. The van der Waals surface area contributed by atoms with Gasteiger partial charge in [-0.1, -0.05) is 29.3 Å². The minimum atomic E-state index is -0.190. The Balaban J connectivity index is 2.43. The average Bonchev–Trinajstić information content (AvgIpc) is 2.57. The molecule has 1 atom stereocenters. The van der Waals surface area contributed by atoms with Gasteiger partial charge in [0, 0.05) is 19.8 Å². The molecule has 0 aliphatic heterocycles. The Morgan fingerprint density at radius 2 is 1.82 bits per heavy atom. The zero-order chi connectivity index (χ0) is 12.6. The highest BCUT2D eigenvalue weighted by Gasteiger charge is 2.16. The number of hydrogen-bond acceptors (Lipinski definition) is 2. The van der Waals surface area contributed by atoms with E-state index in [1.54, 1.807) is 17.4 Å². The van der Waals surface area contributed by atoms with E-state index in [2.05, 4.69) is 19.9 Å². The van der Waals surface area contributed by atoms with Gasteiger partial charge >= 0.3 is 0 Å². The molecule has 4 heteroatoms. The van der Waals surface area contributed by atoms with Crippen LogP contribution in [-0.4, -0.2) is 0 Å². The summed E-state index contributed by atoms with van der Waals surface area (Å²) in [4.78, 5) is 2.50. The lowest BCUT2D eigenvalue weighted by Gasteiger charge is -2.14. The Morgan fingerprint density at radius 1 is 1.12 bits per heavy atom. The lowest BCUT2D eigenvalue weighted by atomic mass is 10.00. The summed E-state index contributed by atoms with van der Waals surface area (Å²) in [6.07, 6.45) is 0. The Hall–Kier alpha value is -0.540. The second kappa shape index (κ2) is 4.99. The van der Waals surface area contributed by atoms with Crippen LogP contribution in [0.25, 0.3) is 0 Å². The molecule has 0 amide bonds. The first-order chi connectivity index (χ1) is 7.99. The van der Waals surface area contributed by atoms with Gasteiger partial charge in [-0.2, -0.15) is 0 Å². The Labute approximate surface area is 115 Å². The molecular weight excluding hydrogens is 273 g/mol. The van der Waals surface area contributed by atoms with Gasteiger partial charge in [0.15, 0.2) is 0 Å². The summed E-state index contributed by atoms with van der Waals surface area (Å²) in [5.41, 5.74) is 8.31. The monoisotopic (exact) mass is 285 g/mol. The van der Waals surface area contributed by atoms with Gasteiger partial charge in [0.1, 0.15) is 0 Å². The van der Waals surface area contributed by atoms with E-state index in [1.807, 2.05) is 12.1 Å². The van der Waals surface area contributed by atoms with E-state index in [4.69, 9.17) is 28.9 Å². The molecule has 1 aromatic carbocycles. The zero-order valence-corrected chi connectivity index (χ0v) is 12.0. The van der Waals surface area contributed by atoms with E-state index in [0.717, 1.165) is 11.1 Å². The van der Waals surface area contributed by atoms with Crippen molar-refractivity contribution in [3.05, 3.63) is 55.2 Å². The van der Waals surface area contributed by atoms with Crippen LogP contribution in [0.5, 0.6) is 0 Å². The van der Waals surface area contributed by atoms with Crippen molar-refractivity contribution in [2.24, 2.45) is 5.73 Å². The van der Waals surface area contributed by atoms with Crippen molar-refractivity contribution >= 4 is 34.5 Å². The van der Waals surface area contributed by atoms with Crippen LogP contribution in [0.4, 0.5) is 0 Å². The third kappa shape index (κ3) is 2.66. The van der Waals surface area contributed by atoms with E-state index >= 15 is 0 Å².